The molecule has 0 bridgehead atoms. The number of rotatable bonds is 4. The maximum Gasteiger partial charge on any atom is 0.251 e. The summed E-state index contributed by atoms with van der Waals surface area (Å²) in [7, 11) is 0. The molecule has 1 aliphatic rings. The fourth-order valence-corrected chi connectivity index (χ4v) is 2.50. The number of carbonyl (C=O) groups excluding carboxylic acids is 1. The van der Waals surface area contributed by atoms with Gasteiger partial charge in [-0.15, -0.1) is 0 Å². The Bertz CT molecular complexity index is 707. The Morgan fingerprint density at radius 2 is 2.00 bits per heavy atom. The molecule has 0 radical (unpaired) electrons. The molecule has 0 aliphatic carbocycles. The molecule has 0 saturated heterocycles. The van der Waals surface area contributed by atoms with Crippen molar-refractivity contribution >= 4 is 17.7 Å². The summed E-state index contributed by atoms with van der Waals surface area (Å²) in [6.07, 6.45) is 3.41. The van der Waals surface area contributed by atoms with Crippen LogP contribution < -0.4 is 14.4 Å². The lowest BCUT2D eigenvalue weighted by Gasteiger charge is -2.28. The van der Waals surface area contributed by atoms with Gasteiger partial charge in [0.15, 0.2) is 0 Å². The van der Waals surface area contributed by atoms with Gasteiger partial charge in [0.05, 0.1) is 18.8 Å². The minimum Gasteiger partial charge on any atom is -0.494 e. The number of carbonyl (C=O) groups is 1. The maximum atomic E-state index is 12.5. The topological polar surface area (TPSA) is 38.8 Å². The van der Waals surface area contributed by atoms with E-state index in [1.807, 2.05) is 61.5 Å². The third-order valence-electron chi connectivity index (χ3n) is 3.60. The van der Waals surface area contributed by atoms with Crippen molar-refractivity contribution in [1.82, 2.24) is 0 Å². The monoisotopic (exact) mass is 309 g/mol. The van der Waals surface area contributed by atoms with Crippen LogP contribution in [0.3, 0.4) is 0 Å². The Morgan fingerprint density at radius 3 is 2.78 bits per heavy atom. The summed E-state index contributed by atoms with van der Waals surface area (Å²) in [5.74, 6) is 1.54. The molecule has 4 nitrogen and oxygen atoms in total. The van der Waals surface area contributed by atoms with E-state index in [-0.39, 0.29) is 5.91 Å². The first-order valence-electron chi connectivity index (χ1n) is 7.72. The van der Waals surface area contributed by atoms with E-state index in [1.165, 1.54) is 0 Å². The number of hydrogen-bond acceptors (Lipinski definition) is 3. The molecule has 2 aromatic rings. The zero-order valence-electron chi connectivity index (χ0n) is 13.1. The molecule has 0 fully saturated rings. The van der Waals surface area contributed by atoms with Crippen LogP contribution in [0.5, 0.6) is 11.5 Å². The molecular weight excluding hydrogens is 290 g/mol. The predicted molar refractivity (Wildman–Crippen MR) is 90.9 cm³/mol. The number of nitrogens with zero attached hydrogens (tertiary/aromatic N) is 1. The summed E-state index contributed by atoms with van der Waals surface area (Å²) in [6, 6.07) is 15.3. The maximum absolute atomic E-state index is 12.5. The predicted octanol–water partition coefficient (Wildman–Crippen LogP) is 3.52. The molecule has 3 rings (SSSR count). The molecule has 1 heterocycles. The third kappa shape index (κ3) is 3.54. The number of hydrogen-bond donors (Lipinski definition) is 0. The van der Waals surface area contributed by atoms with Crippen molar-refractivity contribution in [2.45, 2.75) is 6.92 Å². The highest BCUT2D eigenvalue weighted by molar-refractivity contribution is 6.04. The summed E-state index contributed by atoms with van der Waals surface area (Å²) >= 11 is 0. The van der Waals surface area contributed by atoms with E-state index in [9.17, 15) is 4.79 Å². The SMILES string of the molecule is CCOc1ccc(/C=C/C(=O)N2CCOc3ccccc32)cc1. The van der Waals surface area contributed by atoms with Gasteiger partial charge in [0.2, 0.25) is 0 Å². The third-order valence-corrected chi connectivity index (χ3v) is 3.60. The summed E-state index contributed by atoms with van der Waals surface area (Å²) in [5, 5.41) is 0. The highest BCUT2D eigenvalue weighted by Crippen LogP contribution is 2.31. The molecular formula is C19H19NO3. The molecule has 118 valence electrons. The minimum absolute atomic E-state index is 0.0466. The van der Waals surface area contributed by atoms with Gasteiger partial charge >= 0.3 is 0 Å². The molecule has 0 spiro atoms. The molecule has 0 atom stereocenters. The zero-order valence-corrected chi connectivity index (χ0v) is 13.1. The second-order valence-electron chi connectivity index (χ2n) is 5.14. The Hall–Kier alpha value is -2.75. The van der Waals surface area contributed by atoms with E-state index in [1.54, 1.807) is 11.0 Å². The van der Waals surface area contributed by atoms with Crippen molar-refractivity contribution in [3.63, 3.8) is 0 Å². The van der Waals surface area contributed by atoms with Gasteiger partial charge in [-0.25, -0.2) is 0 Å². The van der Waals surface area contributed by atoms with Crippen LogP contribution in [0.25, 0.3) is 6.08 Å². The van der Waals surface area contributed by atoms with Crippen LogP contribution in [0, 0.1) is 0 Å². The first-order valence-corrected chi connectivity index (χ1v) is 7.72. The van der Waals surface area contributed by atoms with E-state index in [2.05, 4.69) is 0 Å². The van der Waals surface area contributed by atoms with Gasteiger partial charge in [-0.1, -0.05) is 24.3 Å². The van der Waals surface area contributed by atoms with Crippen molar-refractivity contribution in [3.05, 3.63) is 60.2 Å². The molecule has 0 unspecified atom stereocenters. The summed E-state index contributed by atoms with van der Waals surface area (Å²) in [6.45, 7) is 3.67. The van der Waals surface area contributed by atoms with Crippen LogP contribution in [-0.4, -0.2) is 25.7 Å². The molecule has 23 heavy (non-hydrogen) atoms. The van der Waals surface area contributed by atoms with E-state index >= 15 is 0 Å². The molecule has 0 aromatic heterocycles. The van der Waals surface area contributed by atoms with Gasteiger partial charge < -0.3 is 14.4 Å². The van der Waals surface area contributed by atoms with Gasteiger partial charge in [0.1, 0.15) is 18.1 Å². The van der Waals surface area contributed by atoms with Gasteiger partial charge in [0, 0.05) is 6.08 Å². The first kappa shape index (κ1) is 15.2. The van der Waals surface area contributed by atoms with E-state index < -0.39 is 0 Å². The molecule has 4 heteroatoms. The van der Waals surface area contributed by atoms with Gasteiger partial charge in [0.25, 0.3) is 5.91 Å². The molecule has 1 aliphatic heterocycles. The van der Waals surface area contributed by atoms with E-state index in [0.717, 1.165) is 22.7 Å². The second-order valence-corrected chi connectivity index (χ2v) is 5.14. The van der Waals surface area contributed by atoms with Crippen molar-refractivity contribution in [2.75, 3.05) is 24.7 Å². The lowest BCUT2D eigenvalue weighted by molar-refractivity contribution is -0.114. The van der Waals surface area contributed by atoms with Crippen LogP contribution in [-0.2, 0) is 4.79 Å². The smallest absolute Gasteiger partial charge is 0.251 e. The quantitative estimate of drug-likeness (QED) is 0.811. The molecule has 0 N–H and O–H groups in total. The number of benzene rings is 2. The van der Waals surface area contributed by atoms with Gasteiger partial charge in [-0.05, 0) is 42.8 Å². The van der Waals surface area contributed by atoms with E-state index in [4.69, 9.17) is 9.47 Å². The Balaban J connectivity index is 1.72. The average Bonchev–Trinajstić information content (AvgIpc) is 2.60. The van der Waals surface area contributed by atoms with Gasteiger partial charge in [-0.2, -0.15) is 0 Å². The summed E-state index contributed by atoms with van der Waals surface area (Å²) < 4.78 is 11.0. The van der Waals surface area contributed by atoms with Crippen molar-refractivity contribution < 1.29 is 14.3 Å². The summed E-state index contributed by atoms with van der Waals surface area (Å²) in [5.41, 5.74) is 1.78. The Labute approximate surface area is 135 Å². The fraction of sp³-hybridized carbons (Fsp3) is 0.211. The minimum atomic E-state index is -0.0466. The van der Waals surface area contributed by atoms with Crippen LogP contribution >= 0.6 is 0 Å². The first-order chi connectivity index (χ1) is 11.3. The van der Waals surface area contributed by atoms with Crippen LogP contribution in [0.15, 0.2) is 54.6 Å². The normalized spacial score (nSPS) is 13.5. The number of fused-ring (bicyclic) bond motifs is 1. The van der Waals surface area contributed by atoms with Crippen LogP contribution in [0.4, 0.5) is 5.69 Å². The lowest BCUT2D eigenvalue weighted by Crippen LogP contribution is -2.36. The highest BCUT2D eigenvalue weighted by Gasteiger charge is 2.21. The van der Waals surface area contributed by atoms with Crippen molar-refractivity contribution in [2.24, 2.45) is 0 Å². The molecule has 1 amide bonds. The lowest BCUT2D eigenvalue weighted by atomic mass is 10.2. The zero-order chi connectivity index (χ0) is 16.1. The Kier molecular flexibility index (Phi) is 4.62. The Morgan fingerprint density at radius 1 is 1.22 bits per heavy atom. The average molecular weight is 309 g/mol. The van der Waals surface area contributed by atoms with Gasteiger partial charge in [-0.3, -0.25) is 4.79 Å². The van der Waals surface area contributed by atoms with Crippen LogP contribution in [0.2, 0.25) is 0 Å². The van der Waals surface area contributed by atoms with Crippen molar-refractivity contribution in [1.29, 1.82) is 0 Å². The molecule has 0 saturated carbocycles. The largest absolute Gasteiger partial charge is 0.494 e. The highest BCUT2D eigenvalue weighted by atomic mass is 16.5. The number of anilines is 1. The molecule has 2 aromatic carbocycles. The summed E-state index contributed by atoms with van der Waals surface area (Å²) in [4.78, 5) is 14.2. The van der Waals surface area contributed by atoms with Crippen molar-refractivity contribution in [3.8, 4) is 11.5 Å². The standard InChI is InChI=1S/C19H19NO3/c1-2-22-16-10-7-15(8-11-16)9-12-19(21)20-13-14-23-18-6-4-3-5-17(18)20/h3-12H,2,13-14H2,1H3/b12-9+. The van der Waals surface area contributed by atoms with Crippen LogP contribution in [0.1, 0.15) is 12.5 Å². The number of ether oxygens (including phenoxy) is 2. The fourth-order valence-electron chi connectivity index (χ4n) is 2.50. The van der Waals surface area contributed by atoms with E-state index in [0.29, 0.717) is 19.8 Å². The number of para-hydroxylation sites is 2. The second kappa shape index (κ2) is 7.01. The number of amides is 1.